The van der Waals surface area contributed by atoms with Crippen molar-refractivity contribution in [1.82, 2.24) is 19.9 Å². The van der Waals surface area contributed by atoms with Gasteiger partial charge in [0.05, 0.1) is 36.5 Å². The van der Waals surface area contributed by atoms with Crippen LogP contribution in [-0.4, -0.2) is 93.6 Å². The molecule has 1 spiro atoms. The summed E-state index contributed by atoms with van der Waals surface area (Å²) >= 11 is 0. The SMILES string of the molecule is COCCOC(=O)N1C(=O)[C@@]2(c3cc(C#CCn4nnc5ccccc54)ccc31)[C@H](c1ccc(OCCO)cc1)N1[C@H](c3ccccc3)[C@H](c3ccccc3)OC(=O)[C@H]1[C@@H]2C(=O)O. The van der Waals surface area contributed by atoms with E-state index >= 15 is 4.79 Å². The number of carboxylic acids is 1. The highest BCUT2D eigenvalue weighted by Gasteiger charge is 2.76. The Kier molecular flexibility index (Phi) is 11.2. The molecule has 2 N–H and O–H groups in total. The van der Waals surface area contributed by atoms with Crippen molar-refractivity contribution < 1.29 is 48.3 Å². The molecule has 0 aliphatic carbocycles. The molecule has 0 bridgehead atoms. The Morgan fingerprint density at radius 3 is 2.25 bits per heavy atom. The Hall–Kier alpha value is -7.38. The number of hydrogen-bond acceptors (Lipinski definition) is 12. The molecule has 0 saturated carbocycles. The van der Waals surface area contributed by atoms with E-state index in [-0.39, 0.29) is 44.2 Å². The molecular formula is C48H41N5O10. The molecule has 1 aromatic heterocycles. The largest absolute Gasteiger partial charge is 0.491 e. The van der Waals surface area contributed by atoms with Crippen LogP contribution in [0.4, 0.5) is 10.5 Å². The van der Waals surface area contributed by atoms with Crippen LogP contribution in [0.1, 0.15) is 46.0 Å². The highest BCUT2D eigenvalue weighted by atomic mass is 16.6. The van der Waals surface area contributed by atoms with E-state index in [2.05, 4.69) is 22.2 Å². The number of para-hydroxylation sites is 1. The maximum absolute atomic E-state index is 15.9. The van der Waals surface area contributed by atoms with Crippen molar-refractivity contribution >= 4 is 40.7 Å². The Morgan fingerprint density at radius 1 is 0.825 bits per heavy atom. The fraction of sp³-hybridized carbons (Fsp3) is 0.250. The van der Waals surface area contributed by atoms with Gasteiger partial charge in [0.15, 0.2) is 0 Å². The lowest BCUT2D eigenvalue weighted by Crippen LogP contribution is -2.53. The first-order valence-corrected chi connectivity index (χ1v) is 20.3. The Balaban J connectivity index is 1.29. The second-order valence-electron chi connectivity index (χ2n) is 15.3. The summed E-state index contributed by atoms with van der Waals surface area (Å²) in [6.45, 7) is -0.211. The molecule has 3 aliphatic rings. The van der Waals surface area contributed by atoms with Crippen molar-refractivity contribution in [2.75, 3.05) is 38.4 Å². The van der Waals surface area contributed by atoms with Gasteiger partial charge in [-0.2, -0.15) is 0 Å². The lowest BCUT2D eigenvalue weighted by Gasteiger charge is -2.46. The summed E-state index contributed by atoms with van der Waals surface area (Å²) < 4.78 is 24.4. The molecule has 0 unspecified atom stereocenters. The van der Waals surface area contributed by atoms with Gasteiger partial charge in [-0.1, -0.05) is 102 Å². The summed E-state index contributed by atoms with van der Waals surface area (Å²) in [4.78, 5) is 61.7. The van der Waals surface area contributed by atoms with Crippen LogP contribution in [0.3, 0.4) is 0 Å². The van der Waals surface area contributed by atoms with Gasteiger partial charge in [-0.3, -0.25) is 19.3 Å². The number of hydrogen-bond donors (Lipinski definition) is 2. The van der Waals surface area contributed by atoms with Crippen LogP contribution in [0.25, 0.3) is 11.0 Å². The number of amides is 2. The fourth-order valence-electron chi connectivity index (χ4n) is 9.38. The number of carbonyl (C=O) groups is 4. The van der Waals surface area contributed by atoms with Crippen molar-refractivity contribution in [1.29, 1.82) is 0 Å². The fourth-order valence-corrected chi connectivity index (χ4v) is 9.38. The molecule has 0 radical (unpaired) electrons. The number of nitrogens with zero attached hydrogens (tertiary/aromatic N) is 5. The van der Waals surface area contributed by atoms with Gasteiger partial charge in [0.1, 0.15) is 54.5 Å². The summed E-state index contributed by atoms with van der Waals surface area (Å²) in [5, 5.41) is 29.5. The van der Waals surface area contributed by atoms with Crippen LogP contribution in [0.5, 0.6) is 5.75 Å². The van der Waals surface area contributed by atoms with Crippen molar-refractivity contribution in [3.63, 3.8) is 0 Å². The monoisotopic (exact) mass is 847 g/mol. The van der Waals surface area contributed by atoms with Gasteiger partial charge in [-0.05, 0) is 64.7 Å². The highest BCUT2D eigenvalue weighted by Crippen LogP contribution is 2.66. The Bertz CT molecular complexity index is 2750. The number of imide groups is 1. The third kappa shape index (κ3) is 7.04. The molecule has 63 heavy (non-hydrogen) atoms. The zero-order chi connectivity index (χ0) is 43.7. The van der Waals surface area contributed by atoms with E-state index in [9.17, 15) is 24.6 Å². The van der Waals surface area contributed by atoms with E-state index in [1.54, 1.807) is 52.0 Å². The maximum atomic E-state index is 15.9. The van der Waals surface area contributed by atoms with Crippen molar-refractivity contribution in [3.05, 3.63) is 155 Å². The van der Waals surface area contributed by atoms with Crippen molar-refractivity contribution in [3.8, 4) is 17.6 Å². The number of cyclic esters (lactones) is 1. The number of carboxylic acid groups (broad SMARTS) is 1. The molecule has 9 rings (SSSR count). The van der Waals surface area contributed by atoms with Gasteiger partial charge in [-0.15, -0.1) is 5.10 Å². The maximum Gasteiger partial charge on any atom is 0.421 e. The van der Waals surface area contributed by atoms with Gasteiger partial charge < -0.3 is 29.2 Å². The van der Waals surface area contributed by atoms with Crippen LogP contribution >= 0.6 is 0 Å². The number of ether oxygens (including phenoxy) is 4. The third-order valence-corrected chi connectivity index (χ3v) is 11.9. The lowest BCUT2D eigenvalue weighted by molar-refractivity contribution is -0.179. The second kappa shape index (κ2) is 17.2. The quantitative estimate of drug-likeness (QED) is 0.0964. The third-order valence-electron chi connectivity index (χ3n) is 11.9. The molecule has 2 saturated heterocycles. The molecule has 15 nitrogen and oxygen atoms in total. The smallest absolute Gasteiger partial charge is 0.421 e. The number of aliphatic carboxylic acids is 1. The minimum atomic E-state index is -2.17. The second-order valence-corrected chi connectivity index (χ2v) is 15.3. The predicted molar refractivity (Wildman–Crippen MR) is 226 cm³/mol. The molecule has 6 aromatic rings. The van der Waals surface area contributed by atoms with E-state index in [4.69, 9.17) is 18.9 Å². The Morgan fingerprint density at radius 2 is 1.54 bits per heavy atom. The first-order valence-electron chi connectivity index (χ1n) is 20.3. The van der Waals surface area contributed by atoms with Gasteiger partial charge in [-0.25, -0.2) is 14.4 Å². The molecule has 5 aromatic carbocycles. The van der Waals surface area contributed by atoms with E-state index in [1.807, 2.05) is 84.9 Å². The first kappa shape index (κ1) is 41.0. The number of esters is 1. The minimum absolute atomic E-state index is 0.0195. The van der Waals surface area contributed by atoms with Crippen LogP contribution in [0.15, 0.2) is 127 Å². The summed E-state index contributed by atoms with van der Waals surface area (Å²) in [6.07, 6.45) is -2.00. The van der Waals surface area contributed by atoms with Gasteiger partial charge >= 0.3 is 18.0 Å². The number of carbonyl (C=O) groups excluding carboxylic acids is 3. The minimum Gasteiger partial charge on any atom is -0.491 e. The number of fused-ring (bicyclic) bond motifs is 4. The molecule has 4 heterocycles. The van der Waals surface area contributed by atoms with Gasteiger partial charge in [0.25, 0.3) is 0 Å². The van der Waals surface area contributed by atoms with E-state index in [1.165, 1.54) is 7.11 Å². The molecule has 15 heteroatoms. The topological polar surface area (TPSA) is 183 Å². The van der Waals surface area contributed by atoms with Crippen LogP contribution in [0, 0.1) is 17.8 Å². The average molecular weight is 848 g/mol. The molecule has 2 amide bonds. The lowest BCUT2D eigenvalue weighted by atomic mass is 9.65. The summed E-state index contributed by atoms with van der Waals surface area (Å²) in [5.41, 5.74) is 1.76. The number of morpholine rings is 1. The van der Waals surface area contributed by atoms with Gasteiger partial charge in [0.2, 0.25) is 5.91 Å². The van der Waals surface area contributed by atoms with Crippen molar-refractivity contribution in [2.24, 2.45) is 5.92 Å². The average Bonchev–Trinajstić information content (AvgIpc) is 3.95. The standard InChI is InChI=1S/C48H41N5O10/c1-60-27-28-62-47(59)52-37-23-18-30(11-10-24-51-38-17-9-8-16-36(38)49-50-51)29-35(37)48(46(52)58)39(44(55)56)41-45(57)63-42(32-14-6-3-7-15-32)40(31-12-4-2-5-13-31)53(41)43(48)33-19-21-34(22-20-33)61-26-25-54/h2-9,12-23,29,39-43,54H,24-28H2,1H3,(H,55,56)/t39-,40-,41-,42+,43+,48-/m1/s1. The Labute approximate surface area is 361 Å². The highest BCUT2D eigenvalue weighted by molar-refractivity contribution is 6.23. The summed E-state index contributed by atoms with van der Waals surface area (Å²) in [5.74, 6) is 1.68. The van der Waals surface area contributed by atoms with E-state index in [0.29, 0.717) is 33.5 Å². The number of aliphatic hydroxyl groups is 1. The van der Waals surface area contributed by atoms with Crippen LogP contribution < -0.4 is 9.64 Å². The van der Waals surface area contributed by atoms with Crippen LogP contribution in [-0.2, 0) is 40.6 Å². The van der Waals surface area contributed by atoms with Crippen molar-refractivity contribution in [2.45, 2.75) is 36.2 Å². The molecule has 318 valence electrons. The summed E-state index contributed by atoms with van der Waals surface area (Å²) in [7, 11) is 1.44. The molecule has 3 aliphatic heterocycles. The number of rotatable bonds is 11. The normalized spacial score (nSPS) is 22.6. The van der Waals surface area contributed by atoms with Gasteiger partial charge in [0, 0.05) is 12.7 Å². The summed E-state index contributed by atoms with van der Waals surface area (Å²) in [6, 6.07) is 33.8. The van der Waals surface area contributed by atoms with E-state index < -0.39 is 59.5 Å². The number of aromatic nitrogens is 3. The first-order chi connectivity index (χ1) is 30.8. The van der Waals surface area contributed by atoms with Crippen LogP contribution in [0.2, 0.25) is 0 Å². The molecule has 6 atom stereocenters. The van der Waals surface area contributed by atoms with E-state index in [0.717, 1.165) is 10.4 Å². The molecular weight excluding hydrogens is 807 g/mol. The predicted octanol–water partition coefficient (Wildman–Crippen LogP) is 5.39. The zero-order valence-electron chi connectivity index (χ0n) is 33.9. The zero-order valence-corrected chi connectivity index (χ0v) is 33.9. The number of methoxy groups -OCH3 is 1. The molecule has 2 fully saturated rings. The number of benzene rings is 5. The number of aliphatic hydroxyl groups excluding tert-OH is 1. The number of anilines is 1.